The Morgan fingerprint density at radius 1 is 0.870 bits per heavy atom. The fourth-order valence-corrected chi connectivity index (χ4v) is 3.01. The lowest BCUT2D eigenvalue weighted by Crippen LogP contribution is -2.47. The quantitative estimate of drug-likeness (QED) is 0.919. The molecule has 0 aromatic heterocycles. The van der Waals surface area contributed by atoms with E-state index in [1.165, 1.54) is 17.7 Å². The fraction of sp³-hybridized carbons (Fsp3) is 0.368. The van der Waals surface area contributed by atoms with E-state index >= 15 is 0 Å². The summed E-state index contributed by atoms with van der Waals surface area (Å²) in [5.41, 5.74) is 2.12. The van der Waals surface area contributed by atoms with Gasteiger partial charge in [0.15, 0.2) is 0 Å². The predicted molar refractivity (Wildman–Crippen MR) is 89.5 cm³/mol. The van der Waals surface area contributed by atoms with Gasteiger partial charge in [0.05, 0.1) is 6.10 Å². The van der Waals surface area contributed by atoms with Crippen LogP contribution in [0, 0.1) is 5.82 Å². The monoisotopic (exact) mass is 314 g/mol. The van der Waals surface area contributed by atoms with E-state index in [1.54, 1.807) is 12.1 Å². The summed E-state index contributed by atoms with van der Waals surface area (Å²) in [7, 11) is 0. The minimum Gasteiger partial charge on any atom is -0.387 e. The van der Waals surface area contributed by atoms with Crippen molar-refractivity contribution < 1.29 is 9.50 Å². The molecule has 122 valence electrons. The first-order chi connectivity index (χ1) is 11.2. The van der Waals surface area contributed by atoms with Crippen LogP contribution in [-0.4, -0.2) is 47.6 Å². The second-order valence-electron chi connectivity index (χ2n) is 6.13. The minimum absolute atomic E-state index is 0.268. The number of aliphatic hydroxyl groups is 1. The molecule has 3 nitrogen and oxygen atoms in total. The molecule has 1 aliphatic rings. The van der Waals surface area contributed by atoms with Gasteiger partial charge in [0.2, 0.25) is 0 Å². The number of aliphatic hydroxyl groups excluding tert-OH is 1. The van der Waals surface area contributed by atoms with Crippen LogP contribution in [0.25, 0.3) is 0 Å². The summed E-state index contributed by atoms with van der Waals surface area (Å²) in [6.07, 6.45) is -0.559. The molecule has 2 aromatic rings. The number of piperazine rings is 1. The van der Waals surface area contributed by atoms with Crippen LogP contribution in [0.5, 0.6) is 0 Å². The van der Waals surface area contributed by atoms with Gasteiger partial charge in [0.1, 0.15) is 5.82 Å². The molecule has 1 heterocycles. The molecule has 1 saturated heterocycles. The SMILES string of the molecule is O[C@H](CN1CCN(Cc2ccccc2)CC1)c1ccc(F)cc1. The Balaban J connectivity index is 1.46. The third kappa shape index (κ3) is 4.61. The number of rotatable bonds is 5. The molecule has 23 heavy (non-hydrogen) atoms. The van der Waals surface area contributed by atoms with Crippen molar-refractivity contribution in [2.24, 2.45) is 0 Å². The second kappa shape index (κ2) is 7.68. The summed E-state index contributed by atoms with van der Waals surface area (Å²) in [6.45, 7) is 5.49. The van der Waals surface area contributed by atoms with Gasteiger partial charge < -0.3 is 5.11 Å². The van der Waals surface area contributed by atoms with Crippen LogP contribution in [0.4, 0.5) is 4.39 Å². The van der Waals surface area contributed by atoms with Crippen molar-refractivity contribution in [3.05, 3.63) is 71.5 Å². The maximum Gasteiger partial charge on any atom is 0.123 e. The molecule has 0 bridgehead atoms. The maximum atomic E-state index is 12.9. The standard InChI is InChI=1S/C19H23FN2O/c20-18-8-6-17(7-9-18)19(23)15-22-12-10-21(11-13-22)14-16-4-2-1-3-5-16/h1-9,19,23H,10-15H2/t19-/m1/s1. The van der Waals surface area contributed by atoms with Gasteiger partial charge in [0, 0.05) is 39.3 Å². The average molecular weight is 314 g/mol. The number of nitrogens with zero attached hydrogens (tertiary/aromatic N) is 2. The lowest BCUT2D eigenvalue weighted by Gasteiger charge is -2.35. The smallest absolute Gasteiger partial charge is 0.123 e. The van der Waals surface area contributed by atoms with Crippen molar-refractivity contribution in [2.75, 3.05) is 32.7 Å². The highest BCUT2D eigenvalue weighted by atomic mass is 19.1. The zero-order chi connectivity index (χ0) is 16.1. The first-order valence-electron chi connectivity index (χ1n) is 8.13. The molecule has 0 aliphatic carbocycles. The summed E-state index contributed by atoms with van der Waals surface area (Å²) in [6, 6.07) is 16.6. The molecule has 1 fully saturated rings. The third-order valence-electron chi connectivity index (χ3n) is 4.40. The van der Waals surface area contributed by atoms with E-state index in [9.17, 15) is 9.50 Å². The van der Waals surface area contributed by atoms with Crippen LogP contribution in [0.3, 0.4) is 0 Å². The number of benzene rings is 2. The minimum atomic E-state index is -0.559. The van der Waals surface area contributed by atoms with Crippen LogP contribution >= 0.6 is 0 Å². The summed E-state index contributed by atoms with van der Waals surface area (Å²) in [5, 5.41) is 10.3. The van der Waals surface area contributed by atoms with Crippen LogP contribution in [-0.2, 0) is 6.54 Å². The molecule has 2 aromatic carbocycles. The van der Waals surface area contributed by atoms with Gasteiger partial charge in [0.25, 0.3) is 0 Å². The average Bonchev–Trinajstić information content (AvgIpc) is 2.58. The van der Waals surface area contributed by atoms with Crippen LogP contribution in [0.2, 0.25) is 0 Å². The normalized spacial score (nSPS) is 18.0. The fourth-order valence-electron chi connectivity index (χ4n) is 3.01. The number of hydrogen-bond donors (Lipinski definition) is 1. The highest BCUT2D eigenvalue weighted by molar-refractivity contribution is 5.19. The molecule has 1 atom stereocenters. The van der Waals surface area contributed by atoms with E-state index in [4.69, 9.17) is 0 Å². The Morgan fingerprint density at radius 3 is 2.13 bits per heavy atom. The number of hydrogen-bond acceptors (Lipinski definition) is 3. The van der Waals surface area contributed by atoms with Gasteiger partial charge in [-0.25, -0.2) is 4.39 Å². The Hall–Kier alpha value is -1.75. The third-order valence-corrected chi connectivity index (χ3v) is 4.40. The maximum absolute atomic E-state index is 12.9. The van der Waals surface area contributed by atoms with Crippen LogP contribution in [0.1, 0.15) is 17.2 Å². The Morgan fingerprint density at radius 2 is 1.48 bits per heavy atom. The predicted octanol–water partition coefficient (Wildman–Crippen LogP) is 2.68. The van der Waals surface area contributed by atoms with E-state index in [2.05, 4.69) is 34.1 Å². The largest absolute Gasteiger partial charge is 0.387 e. The molecule has 1 N–H and O–H groups in total. The van der Waals surface area contributed by atoms with Gasteiger partial charge in [-0.2, -0.15) is 0 Å². The zero-order valence-corrected chi connectivity index (χ0v) is 13.2. The van der Waals surface area contributed by atoms with Crippen molar-refractivity contribution in [2.45, 2.75) is 12.6 Å². The summed E-state index contributed by atoms with van der Waals surface area (Å²) in [5.74, 6) is -0.268. The molecular formula is C19H23FN2O. The lowest BCUT2D eigenvalue weighted by atomic mass is 10.1. The highest BCUT2D eigenvalue weighted by Crippen LogP contribution is 2.16. The summed E-state index contributed by atoms with van der Waals surface area (Å²) in [4.78, 5) is 4.71. The van der Waals surface area contributed by atoms with Gasteiger partial charge in [-0.15, -0.1) is 0 Å². The summed E-state index contributed by atoms with van der Waals surface area (Å²) < 4.78 is 12.9. The topological polar surface area (TPSA) is 26.7 Å². The molecule has 1 aliphatic heterocycles. The molecular weight excluding hydrogens is 291 g/mol. The van der Waals surface area contributed by atoms with Gasteiger partial charge in [-0.3, -0.25) is 9.80 Å². The van der Waals surface area contributed by atoms with Crippen molar-refractivity contribution in [3.63, 3.8) is 0 Å². The Bertz CT molecular complexity index is 595. The van der Waals surface area contributed by atoms with E-state index < -0.39 is 6.10 Å². The highest BCUT2D eigenvalue weighted by Gasteiger charge is 2.20. The second-order valence-corrected chi connectivity index (χ2v) is 6.13. The van der Waals surface area contributed by atoms with E-state index in [1.807, 2.05) is 6.07 Å². The van der Waals surface area contributed by atoms with E-state index in [0.29, 0.717) is 6.54 Å². The van der Waals surface area contributed by atoms with Crippen molar-refractivity contribution in [1.82, 2.24) is 9.80 Å². The van der Waals surface area contributed by atoms with Gasteiger partial charge in [-0.1, -0.05) is 42.5 Å². The first kappa shape index (κ1) is 16.1. The first-order valence-corrected chi connectivity index (χ1v) is 8.13. The van der Waals surface area contributed by atoms with E-state index in [-0.39, 0.29) is 5.82 Å². The number of halogens is 1. The Kier molecular flexibility index (Phi) is 5.39. The molecule has 4 heteroatoms. The van der Waals surface area contributed by atoms with Crippen molar-refractivity contribution in [1.29, 1.82) is 0 Å². The van der Waals surface area contributed by atoms with Gasteiger partial charge >= 0.3 is 0 Å². The molecule has 3 rings (SSSR count). The molecule has 0 radical (unpaired) electrons. The zero-order valence-electron chi connectivity index (χ0n) is 13.2. The van der Waals surface area contributed by atoms with Gasteiger partial charge in [-0.05, 0) is 23.3 Å². The number of β-amino-alcohol motifs (C(OH)–C–C–N with tert-alkyl or cyclic N) is 1. The molecule has 0 saturated carbocycles. The molecule has 0 spiro atoms. The van der Waals surface area contributed by atoms with Crippen molar-refractivity contribution in [3.8, 4) is 0 Å². The van der Waals surface area contributed by atoms with Crippen molar-refractivity contribution >= 4 is 0 Å². The summed E-state index contributed by atoms with van der Waals surface area (Å²) >= 11 is 0. The Labute approximate surface area is 137 Å². The molecule has 0 unspecified atom stereocenters. The lowest BCUT2D eigenvalue weighted by molar-refractivity contribution is 0.0701. The molecule has 0 amide bonds. The van der Waals surface area contributed by atoms with Crippen LogP contribution < -0.4 is 0 Å². The van der Waals surface area contributed by atoms with E-state index in [0.717, 1.165) is 38.3 Å². The van der Waals surface area contributed by atoms with Crippen LogP contribution in [0.15, 0.2) is 54.6 Å².